The van der Waals surface area contributed by atoms with Gasteiger partial charge in [-0.2, -0.15) is 0 Å². The van der Waals surface area contributed by atoms with Crippen LogP contribution in [0.4, 0.5) is 0 Å². The Hall–Kier alpha value is -2.39. The first kappa shape index (κ1) is 18.4. The Bertz CT molecular complexity index is 683. The topological polar surface area (TPSA) is 40.5 Å². The molecular weight excluding hydrogens is 322 g/mol. The van der Waals surface area contributed by atoms with E-state index in [2.05, 4.69) is 59.5 Å². The second kappa shape index (κ2) is 9.35. The van der Waals surface area contributed by atoms with Crippen molar-refractivity contribution in [3.05, 3.63) is 77.9 Å². The Morgan fingerprint density at radius 2 is 1.65 bits per heavy atom. The van der Waals surface area contributed by atoms with Crippen LogP contribution in [-0.4, -0.2) is 35.1 Å². The van der Waals surface area contributed by atoms with E-state index in [0.29, 0.717) is 6.04 Å². The van der Waals surface area contributed by atoms with Crippen molar-refractivity contribution in [3.8, 4) is 0 Å². The van der Waals surface area contributed by atoms with Crippen LogP contribution in [0.2, 0.25) is 0 Å². The van der Waals surface area contributed by atoms with Gasteiger partial charge in [-0.25, -0.2) is 0 Å². The number of rotatable bonds is 8. The molecule has 1 aliphatic heterocycles. The minimum absolute atomic E-state index is 0.274. The van der Waals surface area contributed by atoms with Crippen LogP contribution in [0.3, 0.4) is 0 Å². The molecule has 0 saturated carbocycles. The summed E-state index contributed by atoms with van der Waals surface area (Å²) in [6.45, 7) is 2.08. The van der Waals surface area contributed by atoms with E-state index in [1.54, 1.807) is 0 Å². The van der Waals surface area contributed by atoms with E-state index in [-0.39, 0.29) is 6.42 Å². The molecule has 3 rings (SSSR count). The van der Waals surface area contributed by atoms with Crippen molar-refractivity contribution in [1.29, 1.82) is 0 Å². The lowest BCUT2D eigenvalue weighted by molar-refractivity contribution is -0.137. The SMILES string of the molecule is O=C(O)CC[C@H]1CCCN1CCC=C(c1ccccc1)c1ccccc1. The van der Waals surface area contributed by atoms with Crippen molar-refractivity contribution >= 4 is 11.5 Å². The van der Waals surface area contributed by atoms with E-state index in [1.807, 2.05) is 12.1 Å². The van der Waals surface area contributed by atoms with Crippen molar-refractivity contribution in [1.82, 2.24) is 4.90 Å². The Morgan fingerprint density at radius 3 is 2.23 bits per heavy atom. The Kier molecular flexibility index (Phi) is 6.62. The van der Waals surface area contributed by atoms with Gasteiger partial charge in [0.15, 0.2) is 0 Å². The third-order valence-corrected chi connectivity index (χ3v) is 5.12. The van der Waals surface area contributed by atoms with Crippen molar-refractivity contribution < 1.29 is 9.90 Å². The average Bonchev–Trinajstić information content (AvgIpc) is 3.12. The zero-order chi connectivity index (χ0) is 18.2. The number of hydrogen-bond acceptors (Lipinski definition) is 2. The van der Waals surface area contributed by atoms with Crippen LogP contribution in [0.1, 0.15) is 43.2 Å². The molecule has 3 heteroatoms. The van der Waals surface area contributed by atoms with Gasteiger partial charge >= 0.3 is 5.97 Å². The first-order valence-corrected chi connectivity index (χ1v) is 9.51. The Labute approximate surface area is 156 Å². The third kappa shape index (κ3) is 5.06. The largest absolute Gasteiger partial charge is 0.481 e. The minimum Gasteiger partial charge on any atom is -0.481 e. The van der Waals surface area contributed by atoms with Gasteiger partial charge in [0, 0.05) is 19.0 Å². The molecule has 0 bridgehead atoms. The van der Waals surface area contributed by atoms with Gasteiger partial charge in [0.05, 0.1) is 0 Å². The summed E-state index contributed by atoms with van der Waals surface area (Å²) in [4.78, 5) is 13.3. The van der Waals surface area contributed by atoms with Gasteiger partial charge in [0.2, 0.25) is 0 Å². The average molecular weight is 349 g/mol. The van der Waals surface area contributed by atoms with E-state index in [9.17, 15) is 4.79 Å². The van der Waals surface area contributed by atoms with E-state index in [4.69, 9.17) is 5.11 Å². The fourth-order valence-electron chi connectivity index (χ4n) is 3.82. The number of benzene rings is 2. The summed E-state index contributed by atoms with van der Waals surface area (Å²) in [5, 5.41) is 8.93. The van der Waals surface area contributed by atoms with Crippen molar-refractivity contribution in [3.63, 3.8) is 0 Å². The molecule has 26 heavy (non-hydrogen) atoms. The fraction of sp³-hybridized carbons (Fsp3) is 0.348. The fourth-order valence-corrected chi connectivity index (χ4v) is 3.82. The number of carbonyl (C=O) groups is 1. The molecule has 0 amide bonds. The monoisotopic (exact) mass is 349 g/mol. The van der Waals surface area contributed by atoms with E-state index in [0.717, 1.165) is 32.4 Å². The highest BCUT2D eigenvalue weighted by Crippen LogP contribution is 2.25. The van der Waals surface area contributed by atoms with Gasteiger partial charge in [0.25, 0.3) is 0 Å². The van der Waals surface area contributed by atoms with Crippen LogP contribution in [0.15, 0.2) is 66.7 Å². The second-order valence-corrected chi connectivity index (χ2v) is 6.90. The summed E-state index contributed by atoms with van der Waals surface area (Å²) in [5.74, 6) is -0.688. The standard InChI is InChI=1S/C23H27NO2/c25-23(26)16-15-21-13-7-17-24(21)18-8-14-22(19-9-3-1-4-10-19)20-11-5-2-6-12-20/h1-6,9-12,14,21H,7-8,13,15-18H2,(H,25,26)/t21-/m1/s1. The molecule has 0 radical (unpaired) electrons. The molecule has 3 nitrogen and oxygen atoms in total. The van der Waals surface area contributed by atoms with E-state index >= 15 is 0 Å². The lowest BCUT2D eigenvalue weighted by atomic mass is 9.97. The lowest BCUT2D eigenvalue weighted by Gasteiger charge is -2.23. The Balaban J connectivity index is 1.68. The second-order valence-electron chi connectivity index (χ2n) is 6.90. The molecule has 1 fully saturated rings. The smallest absolute Gasteiger partial charge is 0.303 e. The van der Waals surface area contributed by atoms with Crippen LogP contribution in [0.5, 0.6) is 0 Å². The van der Waals surface area contributed by atoms with E-state index < -0.39 is 5.97 Å². The normalized spacial score (nSPS) is 17.2. The predicted octanol–water partition coefficient (Wildman–Crippen LogP) is 4.84. The van der Waals surface area contributed by atoms with Gasteiger partial charge in [0.1, 0.15) is 0 Å². The molecule has 1 aliphatic rings. The molecule has 0 unspecified atom stereocenters. The first-order chi connectivity index (χ1) is 12.7. The Morgan fingerprint density at radius 1 is 1.04 bits per heavy atom. The molecule has 2 aromatic carbocycles. The molecule has 0 aromatic heterocycles. The van der Waals surface area contributed by atoms with Gasteiger partial charge < -0.3 is 10.0 Å². The molecule has 0 aliphatic carbocycles. The minimum atomic E-state index is -0.688. The highest BCUT2D eigenvalue weighted by Gasteiger charge is 2.24. The molecule has 1 atom stereocenters. The lowest BCUT2D eigenvalue weighted by Crippen LogP contribution is -2.30. The van der Waals surface area contributed by atoms with Gasteiger partial charge in [-0.3, -0.25) is 4.79 Å². The summed E-state index contributed by atoms with van der Waals surface area (Å²) in [6, 6.07) is 21.5. The molecule has 136 valence electrons. The molecule has 1 N–H and O–H groups in total. The third-order valence-electron chi connectivity index (χ3n) is 5.12. The molecule has 1 saturated heterocycles. The van der Waals surface area contributed by atoms with Crippen molar-refractivity contribution in [2.45, 2.75) is 38.1 Å². The maximum absolute atomic E-state index is 10.9. The number of carboxylic acids is 1. The summed E-state index contributed by atoms with van der Waals surface area (Å²) >= 11 is 0. The van der Waals surface area contributed by atoms with Crippen molar-refractivity contribution in [2.75, 3.05) is 13.1 Å². The maximum atomic E-state index is 10.9. The molecule has 1 heterocycles. The van der Waals surface area contributed by atoms with Crippen LogP contribution in [0, 0.1) is 0 Å². The highest BCUT2D eigenvalue weighted by molar-refractivity contribution is 5.79. The maximum Gasteiger partial charge on any atom is 0.303 e. The van der Waals surface area contributed by atoms with Crippen LogP contribution < -0.4 is 0 Å². The van der Waals surface area contributed by atoms with E-state index in [1.165, 1.54) is 23.1 Å². The molecule has 2 aromatic rings. The van der Waals surface area contributed by atoms with Crippen LogP contribution >= 0.6 is 0 Å². The number of carboxylic acid groups (broad SMARTS) is 1. The predicted molar refractivity (Wildman–Crippen MR) is 106 cm³/mol. The molecule has 0 spiro atoms. The summed E-state index contributed by atoms with van der Waals surface area (Å²) in [6.07, 6.45) is 6.65. The quantitative estimate of drug-likeness (QED) is 0.741. The first-order valence-electron chi connectivity index (χ1n) is 9.51. The summed E-state index contributed by atoms with van der Waals surface area (Å²) < 4.78 is 0. The highest BCUT2D eigenvalue weighted by atomic mass is 16.4. The van der Waals surface area contributed by atoms with Crippen LogP contribution in [0.25, 0.3) is 5.57 Å². The number of aliphatic carboxylic acids is 1. The van der Waals surface area contributed by atoms with Gasteiger partial charge in [-0.15, -0.1) is 0 Å². The summed E-state index contributed by atoms with van der Waals surface area (Å²) in [7, 11) is 0. The van der Waals surface area contributed by atoms with Crippen LogP contribution in [-0.2, 0) is 4.79 Å². The number of nitrogens with zero attached hydrogens (tertiary/aromatic N) is 1. The van der Waals surface area contributed by atoms with Gasteiger partial charge in [-0.05, 0) is 48.9 Å². The zero-order valence-electron chi connectivity index (χ0n) is 15.2. The number of likely N-dealkylation sites (tertiary alicyclic amines) is 1. The zero-order valence-corrected chi connectivity index (χ0v) is 15.2. The van der Waals surface area contributed by atoms with Crippen molar-refractivity contribution in [2.24, 2.45) is 0 Å². The number of hydrogen-bond donors (Lipinski definition) is 1. The molecular formula is C23H27NO2. The summed E-state index contributed by atoms with van der Waals surface area (Å²) in [5.41, 5.74) is 3.75. The van der Waals surface area contributed by atoms with Gasteiger partial charge in [-0.1, -0.05) is 66.7 Å².